The number of aromatic nitrogens is 4. The van der Waals surface area contributed by atoms with Gasteiger partial charge in [-0.05, 0) is 29.5 Å². The van der Waals surface area contributed by atoms with Gasteiger partial charge in [0.15, 0.2) is 0 Å². The molecular formula is C10H9Cl2IN4O. The molecule has 0 saturated carbocycles. The van der Waals surface area contributed by atoms with Gasteiger partial charge in [0, 0.05) is 7.05 Å². The molecule has 0 aromatic carbocycles. The molecule has 0 atom stereocenters. The Morgan fingerprint density at radius 3 is 2.67 bits per heavy atom. The smallest absolute Gasteiger partial charge is 0.268 e. The molecule has 0 unspecified atom stereocenters. The first kappa shape index (κ1) is 13.8. The summed E-state index contributed by atoms with van der Waals surface area (Å²) in [5.74, 6) is 0. The molecule has 5 nitrogen and oxygen atoms in total. The molecule has 8 heteroatoms. The molecule has 2 aromatic heterocycles. The monoisotopic (exact) mass is 398 g/mol. The lowest BCUT2D eigenvalue weighted by molar-refractivity contribution is 0.641. The van der Waals surface area contributed by atoms with E-state index in [1.54, 1.807) is 11.7 Å². The Balaban J connectivity index is 2.47. The molecule has 0 N–H and O–H groups in total. The summed E-state index contributed by atoms with van der Waals surface area (Å²) >= 11 is 13.8. The minimum Gasteiger partial charge on any atom is -0.292 e. The molecule has 0 saturated heterocycles. The van der Waals surface area contributed by atoms with Gasteiger partial charge in [0.1, 0.15) is 8.72 Å². The maximum Gasteiger partial charge on any atom is 0.268 e. The van der Waals surface area contributed by atoms with Crippen molar-refractivity contribution in [2.75, 3.05) is 0 Å². The fraction of sp³-hybridized carbons (Fsp3) is 0.300. The number of hydrogen-bond acceptors (Lipinski definition) is 3. The van der Waals surface area contributed by atoms with Crippen LogP contribution in [0.3, 0.4) is 0 Å². The first-order valence-electron chi connectivity index (χ1n) is 5.00. The number of rotatable bonds is 2. The predicted octanol–water partition coefficient (Wildman–Crippen LogP) is 2.24. The van der Waals surface area contributed by atoms with Crippen molar-refractivity contribution in [2.24, 2.45) is 7.05 Å². The number of halogens is 3. The molecule has 0 fully saturated rings. The second kappa shape index (κ2) is 5.18. The Morgan fingerprint density at radius 1 is 1.44 bits per heavy atom. The summed E-state index contributed by atoms with van der Waals surface area (Å²) in [6.07, 6.45) is 1.41. The lowest BCUT2D eigenvalue weighted by Crippen LogP contribution is -2.24. The van der Waals surface area contributed by atoms with E-state index in [-0.39, 0.29) is 10.7 Å². The molecule has 2 rings (SSSR count). The van der Waals surface area contributed by atoms with Gasteiger partial charge in [0.25, 0.3) is 5.56 Å². The molecule has 18 heavy (non-hydrogen) atoms. The maximum absolute atomic E-state index is 12.0. The van der Waals surface area contributed by atoms with Crippen LogP contribution >= 0.6 is 45.8 Å². The Labute approximate surface area is 127 Å². The van der Waals surface area contributed by atoms with E-state index >= 15 is 0 Å². The summed E-state index contributed by atoms with van der Waals surface area (Å²) in [6, 6.07) is 0. The van der Waals surface area contributed by atoms with Crippen LogP contribution in [0.2, 0.25) is 10.2 Å². The Bertz CT molecular complexity index is 665. The highest BCUT2D eigenvalue weighted by molar-refractivity contribution is 14.1. The zero-order valence-corrected chi connectivity index (χ0v) is 13.3. The Hall–Kier alpha value is -0.600. The van der Waals surface area contributed by atoms with E-state index in [0.29, 0.717) is 15.1 Å². The van der Waals surface area contributed by atoms with Crippen LogP contribution in [0, 0.1) is 10.5 Å². The quantitative estimate of drug-likeness (QED) is 0.575. The minimum atomic E-state index is -0.189. The maximum atomic E-state index is 12.0. The van der Waals surface area contributed by atoms with Crippen LogP contribution in [0.4, 0.5) is 0 Å². The molecule has 0 aliphatic carbocycles. The van der Waals surface area contributed by atoms with Crippen molar-refractivity contribution in [2.45, 2.75) is 13.5 Å². The van der Waals surface area contributed by atoms with Crippen LogP contribution in [0.1, 0.15) is 11.4 Å². The zero-order chi connectivity index (χ0) is 13.4. The van der Waals surface area contributed by atoms with Gasteiger partial charge in [-0.15, -0.1) is 0 Å². The summed E-state index contributed by atoms with van der Waals surface area (Å²) < 4.78 is 3.51. The van der Waals surface area contributed by atoms with Crippen molar-refractivity contribution < 1.29 is 0 Å². The van der Waals surface area contributed by atoms with Crippen molar-refractivity contribution in [3.8, 4) is 0 Å². The molecular weight excluding hydrogens is 390 g/mol. The standard InChI is InChI=1S/C10H9Cl2IN4O/c1-5-7(11)6(16(2)15-5)3-17-4-14-9(12)8(13)10(17)18/h4H,3H2,1-2H3. The highest BCUT2D eigenvalue weighted by atomic mass is 127. The Morgan fingerprint density at radius 2 is 2.11 bits per heavy atom. The number of nitrogens with zero attached hydrogens (tertiary/aromatic N) is 4. The van der Waals surface area contributed by atoms with E-state index in [9.17, 15) is 4.79 Å². The van der Waals surface area contributed by atoms with Gasteiger partial charge >= 0.3 is 0 Å². The summed E-state index contributed by atoms with van der Waals surface area (Å²) in [7, 11) is 1.79. The Kier molecular flexibility index (Phi) is 3.98. The molecule has 96 valence electrons. The summed E-state index contributed by atoms with van der Waals surface area (Å²) in [5.41, 5.74) is 1.31. The summed E-state index contributed by atoms with van der Waals surface area (Å²) in [5, 5.41) is 4.97. The van der Waals surface area contributed by atoms with Crippen LogP contribution in [-0.2, 0) is 13.6 Å². The lowest BCUT2D eigenvalue weighted by atomic mass is 10.3. The fourth-order valence-electron chi connectivity index (χ4n) is 1.57. The van der Waals surface area contributed by atoms with E-state index < -0.39 is 0 Å². The second-order valence-corrected chi connectivity index (χ2v) is 5.57. The normalized spacial score (nSPS) is 10.9. The van der Waals surface area contributed by atoms with Crippen LogP contribution in [0.15, 0.2) is 11.1 Å². The molecule has 0 bridgehead atoms. The van der Waals surface area contributed by atoms with E-state index in [4.69, 9.17) is 23.2 Å². The van der Waals surface area contributed by atoms with Gasteiger partial charge in [-0.2, -0.15) is 5.10 Å². The molecule has 0 spiro atoms. The van der Waals surface area contributed by atoms with Crippen LogP contribution in [0.25, 0.3) is 0 Å². The van der Waals surface area contributed by atoms with Crippen molar-refractivity contribution in [1.29, 1.82) is 0 Å². The van der Waals surface area contributed by atoms with Gasteiger partial charge in [-0.3, -0.25) is 14.0 Å². The molecule has 0 radical (unpaired) electrons. The third-order valence-corrected chi connectivity index (χ3v) is 4.59. The largest absolute Gasteiger partial charge is 0.292 e. The molecule has 2 aromatic rings. The molecule has 0 amide bonds. The third kappa shape index (κ3) is 2.41. The minimum absolute atomic E-state index is 0.189. The van der Waals surface area contributed by atoms with Crippen LogP contribution < -0.4 is 5.56 Å². The van der Waals surface area contributed by atoms with Crippen molar-refractivity contribution >= 4 is 45.8 Å². The highest BCUT2D eigenvalue weighted by Gasteiger charge is 2.14. The van der Waals surface area contributed by atoms with E-state index in [2.05, 4.69) is 10.1 Å². The van der Waals surface area contributed by atoms with Crippen molar-refractivity contribution in [3.05, 3.63) is 41.8 Å². The molecule has 2 heterocycles. The summed E-state index contributed by atoms with van der Waals surface area (Å²) in [6.45, 7) is 2.13. The SMILES string of the molecule is Cc1nn(C)c(Cn2cnc(Cl)c(I)c2=O)c1Cl. The van der Waals surface area contributed by atoms with Crippen LogP contribution in [0.5, 0.6) is 0 Å². The average Bonchev–Trinajstić information content (AvgIpc) is 2.56. The van der Waals surface area contributed by atoms with E-state index in [1.165, 1.54) is 10.9 Å². The average molecular weight is 399 g/mol. The van der Waals surface area contributed by atoms with E-state index in [1.807, 2.05) is 29.5 Å². The molecule has 0 aliphatic heterocycles. The van der Waals surface area contributed by atoms with Gasteiger partial charge in [-0.1, -0.05) is 23.2 Å². The molecule has 0 aliphatic rings. The van der Waals surface area contributed by atoms with Crippen LogP contribution in [-0.4, -0.2) is 19.3 Å². The van der Waals surface area contributed by atoms with Crippen molar-refractivity contribution in [1.82, 2.24) is 19.3 Å². The lowest BCUT2D eigenvalue weighted by Gasteiger charge is -2.07. The first-order valence-corrected chi connectivity index (χ1v) is 6.83. The second-order valence-electron chi connectivity index (χ2n) is 3.75. The van der Waals surface area contributed by atoms with E-state index in [0.717, 1.165) is 11.4 Å². The summed E-state index contributed by atoms with van der Waals surface area (Å²) in [4.78, 5) is 15.9. The third-order valence-electron chi connectivity index (χ3n) is 2.52. The fourth-order valence-corrected chi connectivity index (χ4v) is 2.36. The topological polar surface area (TPSA) is 52.7 Å². The first-order chi connectivity index (χ1) is 8.41. The van der Waals surface area contributed by atoms with Gasteiger partial charge in [-0.25, -0.2) is 4.98 Å². The highest BCUT2D eigenvalue weighted by Crippen LogP contribution is 2.20. The zero-order valence-electron chi connectivity index (χ0n) is 9.62. The number of hydrogen-bond donors (Lipinski definition) is 0. The number of aryl methyl sites for hydroxylation is 2. The van der Waals surface area contributed by atoms with Gasteiger partial charge < -0.3 is 0 Å². The van der Waals surface area contributed by atoms with Gasteiger partial charge in [0.05, 0.1) is 29.3 Å². The van der Waals surface area contributed by atoms with Crippen molar-refractivity contribution in [3.63, 3.8) is 0 Å². The van der Waals surface area contributed by atoms with Gasteiger partial charge in [0.2, 0.25) is 0 Å². The predicted molar refractivity (Wildman–Crippen MR) is 78.3 cm³/mol.